The van der Waals surface area contributed by atoms with Gasteiger partial charge in [-0.3, -0.25) is 14.4 Å². The van der Waals surface area contributed by atoms with Crippen LogP contribution in [0.2, 0.25) is 0 Å². The van der Waals surface area contributed by atoms with E-state index in [-0.39, 0.29) is 24.3 Å². The Balaban J connectivity index is 0.00000101. The van der Waals surface area contributed by atoms with Crippen LogP contribution in [0.5, 0.6) is 0 Å². The fourth-order valence-electron chi connectivity index (χ4n) is 3.64. The molecule has 1 aliphatic carbocycles. The Morgan fingerprint density at radius 3 is 2.90 bits per heavy atom. The number of hydrogen-bond donors (Lipinski definition) is 3. The van der Waals surface area contributed by atoms with E-state index in [0.29, 0.717) is 31.1 Å². The molecule has 2 heterocycles. The van der Waals surface area contributed by atoms with Crippen molar-refractivity contribution in [2.75, 3.05) is 6.54 Å². The van der Waals surface area contributed by atoms with Crippen LogP contribution in [-0.4, -0.2) is 50.7 Å². The molecule has 10 heteroatoms. The van der Waals surface area contributed by atoms with Gasteiger partial charge in [0.1, 0.15) is 12.1 Å². The maximum Gasteiger partial charge on any atom is 0.290 e. The van der Waals surface area contributed by atoms with Gasteiger partial charge in [0.05, 0.1) is 0 Å². The molecule has 3 N–H and O–H groups in total. The highest BCUT2D eigenvalue weighted by atomic mass is 16.5. The van der Waals surface area contributed by atoms with E-state index < -0.39 is 0 Å². The fourth-order valence-corrected chi connectivity index (χ4v) is 3.64. The molecule has 30 heavy (non-hydrogen) atoms. The Hall–Kier alpha value is -3.17. The molecule has 2 aromatic rings. The highest BCUT2D eigenvalue weighted by molar-refractivity contribution is 5.91. The molecule has 1 aliphatic rings. The van der Waals surface area contributed by atoms with Crippen molar-refractivity contribution in [2.24, 2.45) is 5.92 Å². The molecule has 0 radical (unpaired) electrons. The Morgan fingerprint density at radius 2 is 2.20 bits per heavy atom. The van der Waals surface area contributed by atoms with Crippen LogP contribution in [-0.2, 0) is 22.6 Å². The number of aryl methyl sites for hydroxylation is 2. The zero-order valence-electron chi connectivity index (χ0n) is 17.1. The Bertz CT molecular complexity index is 789. The summed E-state index contributed by atoms with van der Waals surface area (Å²) >= 11 is 0. The highest BCUT2D eigenvalue weighted by Crippen LogP contribution is 2.24. The number of aromatic nitrogens is 3. The minimum Gasteiger partial charge on any atom is -0.483 e. The van der Waals surface area contributed by atoms with Gasteiger partial charge in [0, 0.05) is 50.4 Å². The van der Waals surface area contributed by atoms with Crippen molar-refractivity contribution in [1.82, 2.24) is 25.3 Å². The van der Waals surface area contributed by atoms with Crippen molar-refractivity contribution >= 4 is 18.3 Å². The summed E-state index contributed by atoms with van der Waals surface area (Å²) in [4.78, 5) is 36.9. The number of carbonyl (C=O) groups excluding carboxylic acids is 2. The molecule has 0 aliphatic heterocycles. The molecule has 0 bridgehead atoms. The third-order valence-electron chi connectivity index (χ3n) is 5.07. The number of carboxylic acid groups (broad SMARTS) is 1. The first kappa shape index (κ1) is 23.1. The van der Waals surface area contributed by atoms with E-state index in [1.165, 1.54) is 6.26 Å². The second-order valence-corrected chi connectivity index (χ2v) is 7.14. The predicted molar refractivity (Wildman–Crippen MR) is 108 cm³/mol. The van der Waals surface area contributed by atoms with Gasteiger partial charge in [0.15, 0.2) is 5.69 Å². The lowest BCUT2D eigenvalue weighted by Crippen LogP contribution is -2.41. The van der Waals surface area contributed by atoms with Gasteiger partial charge in [-0.15, -0.1) is 0 Å². The van der Waals surface area contributed by atoms with Crippen molar-refractivity contribution in [3.63, 3.8) is 0 Å². The summed E-state index contributed by atoms with van der Waals surface area (Å²) < 4.78 is 6.72. The molecule has 0 aromatic carbocycles. The quantitative estimate of drug-likeness (QED) is 0.553. The zero-order valence-corrected chi connectivity index (χ0v) is 17.1. The zero-order chi connectivity index (χ0) is 21.8. The number of nitrogens with one attached hydrogen (secondary N) is 2. The van der Waals surface area contributed by atoms with Gasteiger partial charge in [-0.05, 0) is 25.2 Å². The van der Waals surface area contributed by atoms with Crippen LogP contribution in [0.4, 0.5) is 0 Å². The first-order valence-electron chi connectivity index (χ1n) is 10.1. The van der Waals surface area contributed by atoms with Crippen molar-refractivity contribution in [2.45, 2.75) is 58.0 Å². The first-order chi connectivity index (χ1) is 14.6. The molecule has 164 valence electrons. The number of amides is 2. The summed E-state index contributed by atoms with van der Waals surface area (Å²) in [7, 11) is 0. The Kier molecular flexibility index (Phi) is 9.56. The molecule has 0 saturated heterocycles. The number of hydrogen-bond acceptors (Lipinski definition) is 6. The van der Waals surface area contributed by atoms with Gasteiger partial charge >= 0.3 is 0 Å². The van der Waals surface area contributed by atoms with E-state index in [1.807, 2.05) is 10.8 Å². The minimum atomic E-state index is -0.250. The van der Waals surface area contributed by atoms with Crippen LogP contribution in [0.15, 0.2) is 29.2 Å². The van der Waals surface area contributed by atoms with Crippen molar-refractivity contribution in [3.05, 3.63) is 36.2 Å². The Labute approximate surface area is 175 Å². The van der Waals surface area contributed by atoms with Crippen molar-refractivity contribution in [3.8, 4) is 0 Å². The maximum atomic E-state index is 12.3. The molecule has 3 rings (SSSR count). The average molecular weight is 419 g/mol. The monoisotopic (exact) mass is 419 g/mol. The lowest BCUT2D eigenvalue weighted by atomic mass is 9.85. The minimum absolute atomic E-state index is 0.0723. The first-order valence-corrected chi connectivity index (χ1v) is 10.1. The Morgan fingerprint density at radius 1 is 1.40 bits per heavy atom. The standard InChI is InChI=1S/C19H27N5O3.CH2O2/c1-2-17-20-8-10-24(17)9-6-18(25)22-15-5-3-4-14(12-15)13-21-19(26)16-7-11-27-23-16;2-1-3/h7-8,10-11,14-15H,2-6,9,12-13H2,1H3,(H,21,26)(H,22,25);1H,(H,2,3)/t14-,15+;/m1./s1. The molecule has 2 aromatic heterocycles. The smallest absolute Gasteiger partial charge is 0.290 e. The third kappa shape index (κ3) is 7.34. The van der Waals surface area contributed by atoms with Crippen LogP contribution < -0.4 is 10.6 Å². The van der Waals surface area contributed by atoms with E-state index >= 15 is 0 Å². The summed E-state index contributed by atoms with van der Waals surface area (Å²) in [5, 5.41) is 16.6. The normalized spacial score (nSPS) is 18.0. The molecular formula is C20H29N5O5. The molecule has 1 saturated carbocycles. The van der Waals surface area contributed by atoms with E-state index in [1.54, 1.807) is 12.3 Å². The second kappa shape index (κ2) is 12.4. The van der Waals surface area contributed by atoms with Crippen LogP contribution in [0, 0.1) is 5.92 Å². The highest BCUT2D eigenvalue weighted by Gasteiger charge is 2.24. The molecule has 2 amide bonds. The molecule has 2 atom stereocenters. The van der Waals surface area contributed by atoms with E-state index in [2.05, 4.69) is 32.2 Å². The molecule has 0 spiro atoms. The van der Waals surface area contributed by atoms with Gasteiger partial charge < -0.3 is 24.8 Å². The lowest BCUT2D eigenvalue weighted by molar-refractivity contribution is -0.123. The summed E-state index contributed by atoms with van der Waals surface area (Å²) in [6.45, 7) is 3.05. The van der Waals surface area contributed by atoms with E-state index in [9.17, 15) is 9.59 Å². The van der Waals surface area contributed by atoms with Crippen LogP contribution in [0.3, 0.4) is 0 Å². The van der Waals surface area contributed by atoms with Crippen LogP contribution in [0.25, 0.3) is 0 Å². The predicted octanol–water partition coefficient (Wildman–Crippen LogP) is 1.63. The fraction of sp³-hybridized carbons (Fsp3) is 0.550. The average Bonchev–Trinajstić information content (AvgIpc) is 3.43. The molecule has 0 unspecified atom stereocenters. The summed E-state index contributed by atoms with van der Waals surface area (Å²) in [6.07, 6.45) is 10.4. The summed E-state index contributed by atoms with van der Waals surface area (Å²) in [6, 6.07) is 1.72. The lowest BCUT2D eigenvalue weighted by Gasteiger charge is -2.30. The van der Waals surface area contributed by atoms with E-state index in [0.717, 1.165) is 37.9 Å². The number of nitrogens with zero attached hydrogens (tertiary/aromatic N) is 3. The van der Waals surface area contributed by atoms with Gasteiger partial charge in [-0.2, -0.15) is 0 Å². The topological polar surface area (TPSA) is 139 Å². The SMILES string of the molecule is CCc1nccn1CCC(=O)N[C@H]1CCC[C@@H](CNC(=O)c2ccon2)C1.O=CO. The van der Waals surface area contributed by atoms with Crippen molar-refractivity contribution in [1.29, 1.82) is 0 Å². The van der Waals surface area contributed by atoms with Crippen molar-refractivity contribution < 1.29 is 24.0 Å². The number of carbonyl (C=O) groups is 3. The van der Waals surface area contributed by atoms with Gasteiger partial charge in [-0.25, -0.2) is 4.98 Å². The van der Waals surface area contributed by atoms with Crippen LogP contribution >= 0.6 is 0 Å². The number of rotatable bonds is 8. The number of imidazole rings is 1. The van der Waals surface area contributed by atoms with Gasteiger partial charge in [-0.1, -0.05) is 18.5 Å². The molecule has 1 fully saturated rings. The van der Waals surface area contributed by atoms with E-state index in [4.69, 9.17) is 9.90 Å². The summed E-state index contributed by atoms with van der Waals surface area (Å²) in [5.41, 5.74) is 0.293. The maximum absolute atomic E-state index is 12.3. The molecule has 10 nitrogen and oxygen atoms in total. The largest absolute Gasteiger partial charge is 0.483 e. The van der Waals surface area contributed by atoms with Gasteiger partial charge in [0.25, 0.3) is 12.4 Å². The third-order valence-corrected chi connectivity index (χ3v) is 5.07. The van der Waals surface area contributed by atoms with Crippen LogP contribution in [0.1, 0.15) is 55.3 Å². The van der Waals surface area contributed by atoms with Gasteiger partial charge in [0.2, 0.25) is 5.91 Å². The molecular weight excluding hydrogens is 390 g/mol. The second-order valence-electron chi connectivity index (χ2n) is 7.14. The summed E-state index contributed by atoms with van der Waals surface area (Å²) in [5.74, 6) is 1.22.